The fourth-order valence-electron chi connectivity index (χ4n) is 2.94. The minimum Gasteiger partial charge on any atom is -0.481 e. The second-order valence-corrected chi connectivity index (χ2v) is 6.99. The molecule has 1 heterocycles. The van der Waals surface area contributed by atoms with E-state index >= 15 is 0 Å². The zero-order valence-corrected chi connectivity index (χ0v) is 16.5. The number of carbonyl (C=O) groups is 4. The lowest BCUT2D eigenvalue weighted by Crippen LogP contribution is -2.43. The van der Waals surface area contributed by atoms with Gasteiger partial charge >= 0.3 is 11.9 Å². The highest BCUT2D eigenvalue weighted by Crippen LogP contribution is 2.31. The topological polar surface area (TPSA) is 161 Å². The first-order valence-corrected chi connectivity index (χ1v) is 8.98. The highest BCUT2D eigenvalue weighted by molar-refractivity contribution is 6.25. The van der Waals surface area contributed by atoms with Crippen molar-refractivity contribution in [3.8, 4) is 0 Å². The molecule has 10 heteroatoms. The molecule has 2 aromatic rings. The van der Waals surface area contributed by atoms with Gasteiger partial charge in [0.25, 0.3) is 11.8 Å². The lowest BCUT2D eigenvalue weighted by atomic mass is 9.93. The molecule has 0 unspecified atom stereocenters. The summed E-state index contributed by atoms with van der Waals surface area (Å²) < 4.78 is 0. The van der Waals surface area contributed by atoms with E-state index in [1.54, 1.807) is 18.2 Å². The first kappa shape index (κ1) is 22.8. The van der Waals surface area contributed by atoms with Crippen molar-refractivity contribution in [3.63, 3.8) is 0 Å². The Balaban J connectivity index is 0.000000303. The standard InChI is InChI=1S/C16H17N3O2.C4H6O5/c1-18(2)6-7-19-15(20)12-5-3-4-10-8-11(17)9-13(14(10)12)16(19)21;5-2(4(8)9)1-3(6)7/h3-5,8-9H,6-7,17H2,1-2H3;2,5H,1H2,(H,6,7)(H,8,9)/t;2-/m.0/s1. The van der Waals surface area contributed by atoms with Crippen LogP contribution in [0.3, 0.4) is 0 Å². The van der Waals surface area contributed by atoms with Crippen molar-refractivity contribution in [2.75, 3.05) is 32.9 Å². The zero-order chi connectivity index (χ0) is 22.6. The van der Waals surface area contributed by atoms with E-state index < -0.39 is 24.5 Å². The molecule has 3 rings (SSSR count). The molecule has 1 atom stereocenters. The van der Waals surface area contributed by atoms with Gasteiger partial charge in [0, 0.05) is 29.7 Å². The Kier molecular flexibility index (Phi) is 7.09. The number of benzene rings is 2. The van der Waals surface area contributed by atoms with Gasteiger partial charge < -0.3 is 26.0 Å². The molecule has 2 aromatic carbocycles. The normalized spacial score (nSPS) is 13.8. The van der Waals surface area contributed by atoms with Gasteiger partial charge in [0.1, 0.15) is 0 Å². The second kappa shape index (κ2) is 9.33. The molecule has 0 radical (unpaired) electrons. The molecule has 0 bridgehead atoms. The Morgan fingerprint density at radius 2 is 1.73 bits per heavy atom. The third kappa shape index (κ3) is 5.10. The quantitative estimate of drug-likeness (QED) is 0.387. The van der Waals surface area contributed by atoms with E-state index in [1.807, 2.05) is 31.1 Å². The van der Waals surface area contributed by atoms with Gasteiger partial charge in [-0.1, -0.05) is 12.1 Å². The average molecular weight is 417 g/mol. The third-order valence-corrected chi connectivity index (χ3v) is 4.37. The molecule has 0 aromatic heterocycles. The summed E-state index contributed by atoms with van der Waals surface area (Å²) >= 11 is 0. The largest absolute Gasteiger partial charge is 0.481 e. The van der Waals surface area contributed by atoms with Gasteiger partial charge in [0.15, 0.2) is 6.10 Å². The maximum absolute atomic E-state index is 12.6. The van der Waals surface area contributed by atoms with E-state index in [-0.39, 0.29) is 11.8 Å². The molecule has 160 valence electrons. The van der Waals surface area contributed by atoms with Crippen LogP contribution in [0.5, 0.6) is 0 Å². The molecule has 10 nitrogen and oxygen atoms in total. The van der Waals surface area contributed by atoms with Gasteiger partial charge in [-0.05, 0) is 37.7 Å². The number of amides is 2. The molecule has 0 aliphatic carbocycles. The third-order valence-electron chi connectivity index (χ3n) is 4.37. The number of nitrogens with zero attached hydrogens (tertiary/aromatic N) is 2. The first-order chi connectivity index (χ1) is 14.0. The number of anilines is 1. The van der Waals surface area contributed by atoms with Crippen LogP contribution in [-0.2, 0) is 9.59 Å². The number of carbonyl (C=O) groups excluding carboxylic acids is 2. The smallest absolute Gasteiger partial charge is 0.333 e. The number of carboxylic acid groups (broad SMARTS) is 2. The summed E-state index contributed by atoms with van der Waals surface area (Å²) in [6, 6.07) is 8.90. The van der Waals surface area contributed by atoms with Crippen LogP contribution >= 0.6 is 0 Å². The molecular formula is C20H23N3O7. The monoisotopic (exact) mass is 417 g/mol. The molecule has 1 aliphatic rings. The lowest BCUT2D eigenvalue weighted by Gasteiger charge is -2.28. The van der Waals surface area contributed by atoms with Crippen molar-refractivity contribution in [2.24, 2.45) is 0 Å². The Morgan fingerprint density at radius 3 is 2.27 bits per heavy atom. The van der Waals surface area contributed by atoms with E-state index in [2.05, 4.69) is 0 Å². The zero-order valence-electron chi connectivity index (χ0n) is 16.5. The number of carboxylic acids is 2. The van der Waals surface area contributed by atoms with Crippen molar-refractivity contribution < 1.29 is 34.5 Å². The molecule has 5 N–H and O–H groups in total. The summed E-state index contributed by atoms with van der Waals surface area (Å²) in [5.74, 6) is -3.34. The van der Waals surface area contributed by atoms with Crippen LogP contribution < -0.4 is 5.73 Å². The fourth-order valence-corrected chi connectivity index (χ4v) is 2.94. The van der Waals surface area contributed by atoms with Crippen molar-refractivity contribution in [1.82, 2.24) is 9.80 Å². The Labute approximate surface area is 172 Å². The summed E-state index contributed by atoms with van der Waals surface area (Å²) in [6.45, 7) is 1.00. The second-order valence-electron chi connectivity index (χ2n) is 6.99. The Hall–Kier alpha value is -3.50. The molecular weight excluding hydrogens is 394 g/mol. The van der Waals surface area contributed by atoms with Gasteiger partial charge in [-0.25, -0.2) is 4.79 Å². The molecule has 1 aliphatic heterocycles. The Morgan fingerprint density at radius 1 is 1.10 bits per heavy atom. The average Bonchev–Trinajstić information content (AvgIpc) is 2.65. The number of aliphatic hydroxyl groups is 1. The van der Waals surface area contributed by atoms with Crippen LogP contribution in [0.15, 0.2) is 30.3 Å². The highest BCUT2D eigenvalue weighted by atomic mass is 16.4. The maximum atomic E-state index is 12.6. The first-order valence-electron chi connectivity index (χ1n) is 8.98. The minimum absolute atomic E-state index is 0.232. The van der Waals surface area contributed by atoms with Gasteiger partial charge in [-0.3, -0.25) is 19.3 Å². The number of aliphatic hydroxyl groups excluding tert-OH is 1. The number of likely N-dealkylation sites (N-methyl/N-ethyl adjacent to an activating group) is 1. The lowest BCUT2D eigenvalue weighted by molar-refractivity contribution is -0.152. The summed E-state index contributed by atoms with van der Waals surface area (Å²) in [7, 11) is 3.82. The van der Waals surface area contributed by atoms with E-state index in [1.165, 1.54) is 4.90 Å². The van der Waals surface area contributed by atoms with E-state index in [4.69, 9.17) is 21.1 Å². The molecule has 0 saturated heterocycles. The number of nitrogen functional groups attached to an aromatic ring is 1. The van der Waals surface area contributed by atoms with Crippen LogP contribution in [0.4, 0.5) is 5.69 Å². The maximum Gasteiger partial charge on any atom is 0.333 e. The number of imide groups is 1. The number of nitrogens with two attached hydrogens (primary N) is 1. The Bertz CT molecular complexity index is 1000. The van der Waals surface area contributed by atoms with Gasteiger partial charge in [0.05, 0.1) is 12.0 Å². The van der Waals surface area contributed by atoms with Crippen molar-refractivity contribution >= 4 is 40.2 Å². The number of aliphatic carboxylic acids is 2. The number of rotatable bonds is 6. The summed E-state index contributed by atoms with van der Waals surface area (Å²) in [5, 5.41) is 25.7. The van der Waals surface area contributed by atoms with E-state index in [0.717, 1.165) is 5.39 Å². The van der Waals surface area contributed by atoms with Crippen molar-refractivity contribution in [1.29, 1.82) is 0 Å². The summed E-state index contributed by atoms with van der Waals surface area (Å²) in [6.07, 6.45) is -2.54. The van der Waals surface area contributed by atoms with Crippen molar-refractivity contribution in [3.05, 3.63) is 41.5 Å². The van der Waals surface area contributed by atoms with Gasteiger partial charge in [0.2, 0.25) is 0 Å². The molecule has 30 heavy (non-hydrogen) atoms. The van der Waals surface area contributed by atoms with E-state index in [0.29, 0.717) is 35.3 Å². The minimum atomic E-state index is -1.79. The highest BCUT2D eigenvalue weighted by Gasteiger charge is 2.32. The predicted molar refractivity (Wildman–Crippen MR) is 108 cm³/mol. The number of hydrogen-bond donors (Lipinski definition) is 4. The van der Waals surface area contributed by atoms with Crippen LogP contribution in [0.25, 0.3) is 10.8 Å². The molecule has 2 amide bonds. The van der Waals surface area contributed by atoms with Crippen molar-refractivity contribution in [2.45, 2.75) is 12.5 Å². The van der Waals surface area contributed by atoms with Gasteiger partial charge in [-0.15, -0.1) is 0 Å². The van der Waals surface area contributed by atoms with Crippen LogP contribution in [-0.4, -0.2) is 82.2 Å². The molecule has 0 fully saturated rings. The molecule has 0 spiro atoms. The summed E-state index contributed by atoms with van der Waals surface area (Å²) in [5.41, 5.74) is 7.49. The predicted octanol–water partition coefficient (Wildman–Crippen LogP) is 0.486. The van der Waals surface area contributed by atoms with Crippen LogP contribution in [0.1, 0.15) is 27.1 Å². The van der Waals surface area contributed by atoms with Gasteiger partial charge in [-0.2, -0.15) is 0 Å². The number of hydrogen-bond acceptors (Lipinski definition) is 7. The summed E-state index contributed by atoms with van der Waals surface area (Å²) in [4.78, 5) is 47.8. The van der Waals surface area contributed by atoms with Crippen LogP contribution in [0.2, 0.25) is 0 Å². The van der Waals surface area contributed by atoms with Crippen LogP contribution in [0, 0.1) is 0 Å². The molecule has 0 saturated carbocycles. The fraction of sp³-hybridized carbons (Fsp3) is 0.300. The van der Waals surface area contributed by atoms with E-state index in [9.17, 15) is 19.2 Å². The SMILES string of the molecule is CN(C)CCN1C(=O)c2cccc3cc(N)cc(c23)C1=O.O=C(O)C[C@H](O)C(=O)O.